The molecule has 0 spiro atoms. The highest BCUT2D eigenvalue weighted by Crippen LogP contribution is 2.16. The molecule has 0 fully saturated rings. The Bertz CT molecular complexity index is 1010. The van der Waals surface area contributed by atoms with Gasteiger partial charge < -0.3 is 9.30 Å². The van der Waals surface area contributed by atoms with Crippen molar-refractivity contribution in [2.45, 2.75) is 18.7 Å². The molecule has 27 heavy (non-hydrogen) atoms. The number of rotatable bonds is 7. The lowest BCUT2D eigenvalue weighted by molar-refractivity contribution is 0.340. The first kappa shape index (κ1) is 18.7. The number of sulfonamides is 1. The Hall–Kier alpha value is -3.13. The molecule has 0 radical (unpaired) electrons. The van der Waals surface area contributed by atoms with Crippen LogP contribution in [0.15, 0.2) is 77.2 Å². The molecule has 0 saturated carbocycles. The van der Waals surface area contributed by atoms with E-state index >= 15 is 0 Å². The van der Waals surface area contributed by atoms with Gasteiger partial charge in [0, 0.05) is 18.1 Å². The Morgan fingerprint density at radius 3 is 2.44 bits per heavy atom. The number of hydrogen-bond donors (Lipinski definition) is 1. The highest BCUT2D eigenvalue weighted by atomic mass is 32.2. The van der Waals surface area contributed by atoms with E-state index in [-0.39, 0.29) is 4.90 Å². The predicted octanol–water partition coefficient (Wildman–Crippen LogP) is 2.97. The van der Waals surface area contributed by atoms with Gasteiger partial charge in [-0.2, -0.15) is 18.4 Å². The molecule has 8 heteroatoms. The summed E-state index contributed by atoms with van der Waals surface area (Å²) in [5.41, 5.74) is 2.33. The molecule has 0 aliphatic carbocycles. The number of benzene rings is 2. The van der Waals surface area contributed by atoms with E-state index in [1.807, 2.05) is 42.0 Å². The van der Waals surface area contributed by atoms with E-state index in [0.717, 1.165) is 11.3 Å². The molecule has 0 saturated heterocycles. The molecule has 0 aliphatic rings. The second kappa shape index (κ2) is 8.05. The number of nitrogens with one attached hydrogen (secondary N) is 1. The van der Waals surface area contributed by atoms with Gasteiger partial charge in [0.05, 0.1) is 23.5 Å². The number of hydrazone groups is 1. The van der Waals surface area contributed by atoms with E-state index in [4.69, 9.17) is 4.74 Å². The fourth-order valence-electron chi connectivity index (χ4n) is 2.41. The zero-order valence-electron chi connectivity index (χ0n) is 15.0. The van der Waals surface area contributed by atoms with Crippen LogP contribution in [0.2, 0.25) is 0 Å². The molecule has 1 aromatic heterocycles. The van der Waals surface area contributed by atoms with Crippen LogP contribution in [0.4, 0.5) is 0 Å². The minimum Gasteiger partial charge on any atom is -0.494 e. The van der Waals surface area contributed by atoms with E-state index < -0.39 is 10.0 Å². The van der Waals surface area contributed by atoms with Crippen molar-refractivity contribution in [2.24, 2.45) is 5.10 Å². The van der Waals surface area contributed by atoms with E-state index in [9.17, 15) is 8.42 Å². The second-order valence-corrected chi connectivity index (χ2v) is 7.37. The van der Waals surface area contributed by atoms with Crippen LogP contribution >= 0.6 is 0 Å². The zero-order valence-corrected chi connectivity index (χ0v) is 15.8. The maximum atomic E-state index is 12.4. The summed E-state index contributed by atoms with van der Waals surface area (Å²) in [6.45, 7) is 4.13. The van der Waals surface area contributed by atoms with Crippen molar-refractivity contribution in [2.75, 3.05) is 6.61 Å². The lowest BCUT2D eigenvalue weighted by Gasteiger charge is -2.08. The zero-order chi connectivity index (χ0) is 19.3. The van der Waals surface area contributed by atoms with Gasteiger partial charge >= 0.3 is 0 Å². The van der Waals surface area contributed by atoms with Crippen molar-refractivity contribution >= 4 is 15.7 Å². The van der Waals surface area contributed by atoms with Gasteiger partial charge in [0.15, 0.2) is 0 Å². The van der Waals surface area contributed by atoms with E-state index in [2.05, 4.69) is 14.9 Å². The van der Waals surface area contributed by atoms with Crippen LogP contribution in [0.3, 0.4) is 0 Å². The Labute approximate surface area is 158 Å². The van der Waals surface area contributed by atoms with Crippen molar-refractivity contribution in [3.8, 4) is 11.4 Å². The smallest absolute Gasteiger partial charge is 0.276 e. The van der Waals surface area contributed by atoms with Gasteiger partial charge in [-0.25, -0.2) is 4.98 Å². The van der Waals surface area contributed by atoms with Gasteiger partial charge in [-0.15, -0.1) is 0 Å². The van der Waals surface area contributed by atoms with Crippen molar-refractivity contribution < 1.29 is 13.2 Å². The maximum Gasteiger partial charge on any atom is 0.276 e. The number of ether oxygens (including phenoxy) is 1. The lowest BCUT2D eigenvalue weighted by Crippen LogP contribution is -2.20. The summed E-state index contributed by atoms with van der Waals surface area (Å²) < 4.78 is 32.0. The quantitative estimate of drug-likeness (QED) is 0.501. The third-order valence-corrected chi connectivity index (χ3v) is 5.09. The van der Waals surface area contributed by atoms with Gasteiger partial charge in [0.25, 0.3) is 10.0 Å². The van der Waals surface area contributed by atoms with Crippen LogP contribution in [0.5, 0.6) is 5.75 Å². The summed E-state index contributed by atoms with van der Waals surface area (Å²) in [4.78, 5) is 6.41. The highest BCUT2D eigenvalue weighted by molar-refractivity contribution is 7.89. The Balaban J connectivity index is 1.72. The SMILES string of the molecule is CCOc1ccc(S(=O)(=O)N/N=C(/C)c2ccc(-n3ccnc3)cc2)cc1. The van der Waals surface area contributed by atoms with Crippen molar-refractivity contribution in [3.05, 3.63) is 72.8 Å². The average molecular weight is 384 g/mol. The van der Waals surface area contributed by atoms with Gasteiger partial charge in [-0.05, 0) is 55.8 Å². The monoisotopic (exact) mass is 384 g/mol. The first-order chi connectivity index (χ1) is 13.0. The van der Waals surface area contributed by atoms with E-state index in [1.54, 1.807) is 31.6 Å². The number of aromatic nitrogens is 2. The molecule has 7 nitrogen and oxygen atoms in total. The molecule has 0 amide bonds. The maximum absolute atomic E-state index is 12.4. The first-order valence-corrected chi connectivity index (χ1v) is 9.85. The Morgan fingerprint density at radius 1 is 1.15 bits per heavy atom. The molecule has 1 heterocycles. The van der Waals surface area contributed by atoms with Crippen LogP contribution in [-0.4, -0.2) is 30.3 Å². The third-order valence-electron chi connectivity index (χ3n) is 3.87. The van der Waals surface area contributed by atoms with Gasteiger partial charge in [-0.3, -0.25) is 0 Å². The fourth-order valence-corrected chi connectivity index (χ4v) is 3.27. The van der Waals surface area contributed by atoms with Gasteiger partial charge in [-0.1, -0.05) is 12.1 Å². The molecule has 0 unspecified atom stereocenters. The normalized spacial score (nSPS) is 12.0. The van der Waals surface area contributed by atoms with Gasteiger partial charge in [0.2, 0.25) is 0 Å². The minimum atomic E-state index is -3.74. The Kier molecular flexibility index (Phi) is 5.56. The summed E-state index contributed by atoms with van der Waals surface area (Å²) in [5.74, 6) is 0.620. The third kappa shape index (κ3) is 4.53. The van der Waals surface area contributed by atoms with Crippen LogP contribution in [-0.2, 0) is 10.0 Å². The predicted molar refractivity (Wildman–Crippen MR) is 104 cm³/mol. The molecule has 0 bridgehead atoms. The van der Waals surface area contributed by atoms with Crippen molar-refractivity contribution in [3.63, 3.8) is 0 Å². The average Bonchev–Trinajstić information content (AvgIpc) is 3.22. The van der Waals surface area contributed by atoms with Crippen molar-refractivity contribution in [1.29, 1.82) is 0 Å². The molecule has 2 aromatic carbocycles. The lowest BCUT2D eigenvalue weighted by atomic mass is 10.1. The summed E-state index contributed by atoms with van der Waals surface area (Å²) in [6, 6.07) is 13.8. The van der Waals surface area contributed by atoms with Crippen LogP contribution in [0.1, 0.15) is 19.4 Å². The van der Waals surface area contributed by atoms with Crippen LogP contribution < -0.4 is 9.57 Å². The summed E-state index contributed by atoms with van der Waals surface area (Å²) in [5, 5.41) is 4.02. The van der Waals surface area contributed by atoms with Crippen LogP contribution in [0, 0.1) is 0 Å². The van der Waals surface area contributed by atoms with E-state index in [1.165, 1.54) is 12.1 Å². The van der Waals surface area contributed by atoms with Crippen LogP contribution in [0.25, 0.3) is 5.69 Å². The first-order valence-electron chi connectivity index (χ1n) is 8.37. The molecule has 140 valence electrons. The standard InChI is InChI=1S/C19H20N4O3S/c1-3-26-18-8-10-19(11-9-18)27(24,25)22-21-15(2)16-4-6-17(7-5-16)23-13-12-20-14-23/h4-14,22H,3H2,1-2H3/b21-15-. The summed E-state index contributed by atoms with van der Waals surface area (Å²) in [7, 11) is -3.74. The molecule has 0 atom stereocenters. The van der Waals surface area contributed by atoms with Crippen molar-refractivity contribution in [1.82, 2.24) is 14.4 Å². The summed E-state index contributed by atoms with van der Waals surface area (Å²) >= 11 is 0. The highest BCUT2D eigenvalue weighted by Gasteiger charge is 2.13. The summed E-state index contributed by atoms with van der Waals surface area (Å²) in [6.07, 6.45) is 5.26. The topological polar surface area (TPSA) is 85.6 Å². The molecular formula is C19H20N4O3S. The fraction of sp³-hybridized carbons (Fsp3) is 0.158. The molecular weight excluding hydrogens is 364 g/mol. The number of imidazole rings is 1. The minimum absolute atomic E-state index is 0.123. The second-order valence-electron chi connectivity index (χ2n) is 5.71. The molecule has 3 rings (SSSR count). The van der Waals surface area contributed by atoms with E-state index in [0.29, 0.717) is 18.1 Å². The molecule has 3 aromatic rings. The number of nitrogens with zero attached hydrogens (tertiary/aromatic N) is 3. The largest absolute Gasteiger partial charge is 0.494 e. The molecule has 0 aliphatic heterocycles. The molecule has 1 N–H and O–H groups in total. The Morgan fingerprint density at radius 2 is 1.85 bits per heavy atom. The number of hydrogen-bond acceptors (Lipinski definition) is 5. The van der Waals surface area contributed by atoms with Gasteiger partial charge in [0.1, 0.15) is 5.75 Å².